The van der Waals surface area contributed by atoms with Crippen molar-refractivity contribution in [1.29, 1.82) is 0 Å². The van der Waals surface area contributed by atoms with Gasteiger partial charge in [-0.2, -0.15) is 5.10 Å². The van der Waals surface area contributed by atoms with Crippen LogP contribution < -0.4 is 10.9 Å². The average molecular weight is 320 g/mol. The predicted molar refractivity (Wildman–Crippen MR) is 87.0 cm³/mol. The van der Waals surface area contributed by atoms with Gasteiger partial charge in [-0.05, 0) is 18.2 Å². The molecule has 1 N–H and O–H groups in total. The molecule has 4 nitrogen and oxygen atoms in total. The summed E-state index contributed by atoms with van der Waals surface area (Å²) in [5, 5.41) is 9.07. The molecule has 6 heteroatoms. The van der Waals surface area contributed by atoms with Gasteiger partial charge in [0.1, 0.15) is 0 Å². The summed E-state index contributed by atoms with van der Waals surface area (Å²) in [7, 11) is 0. The van der Waals surface area contributed by atoms with Gasteiger partial charge < -0.3 is 5.32 Å². The highest BCUT2D eigenvalue weighted by molar-refractivity contribution is 7.16. The van der Waals surface area contributed by atoms with Gasteiger partial charge >= 0.3 is 0 Å². The Labute approximate surface area is 131 Å². The van der Waals surface area contributed by atoms with E-state index in [1.807, 2.05) is 36.4 Å². The monoisotopic (exact) mass is 319 g/mol. The van der Waals surface area contributed by atoms with Crippen molar-refractivity contribution in [2.45, 2.75) is 13.1 Å². The number of halogens is 1. The van der Waals surface area contributed by atoms with Gasteiger partial charge in [0.05, 0.1) is 22.5 Å². The lowest BCUT2D eigenvalue weighted by Gasteiger charge is -2.06. The first-order chi connectivity index (χ1) is 10.2. The fourth-order valence-electron chi connectivity index (χ4n) is 2.13. The molecular weight excluding hydrogens is 306 g/mol. The third-order valence-electron chi connectivity index (χ3n) is 3.19. The third-order valence-corrected chi connectivity index (χ3v) is 4.42. The normalized spacial score (nSPS) is 11.1. The molecule has 0 unspecified atom stereocenters. The van der Waals surface area contributed by atoms with E-state index in [4.69, 9.17) is 11.6 Å². The van der Waals surface area contributed by atoms with Crippen LogP contribution >= 0.6 is 22.9 Å². The van der Waals surface area contributed by atoms with Crippen LogP contribution in [-0.4, -0.2) is 16.3 Å². The molecule has 3 rings (SSSR count). The van der Waals surface area contributed by atoms with Crippen molar-refractivity contribution in [3.63, 3.8) is 0 Å². The van der Waals surface area contributed by atoms with Gasteiger partial charge in [0.25, 0.3) is 5.56 Å². The summed E-state index contributed by atoms with van der Waals surface area (Å²) in [5.74, 6) is 0. The SMILES string of the molecule is O=c1c2ccccc2cnn1CCNCc1ccc(Cl)s1. The molecule has 3 aromatic rings. The maximum atomic E-state index is 12.3. The Morgan fingerprint density at radius 3 is 2.90 bits per heavy atom. The number of hydrogen-bond donors (Lipinski definition) is 1. The lowest BCUT2D eigenvalue weighted by Crippen LogP contribution is -2.28. The van der Waals surface area contributed by atoms with Crippen molar-refractivity contribution in [3.8, 4) is 0 Å². The topological polar surface area (TPSA) is 46.9 Å². The Hall–Kier alpha value is -1.69. The van der Waals surface area contributed by atoms with Crippen molar-refractivity contribution in [2.75, 3.05) is 6.54 Å². The van der Waals surface area contributed by atoms with Crippen molar-refractivity contribution >= 4 is 33.7 Å². The first-order valence-corrected chi connectivity index (χ1v) is 7.83. The van der Waals surface area contributed by atoms with Gasteiger partial charge in [-0.3, -0.25) is 4.79 Å². The van der Waals surface area contributed by atoms with Crippen molar-refractivity contribution in [1.82, 2.24) is 15.1 Å². The minimum Gasteiger partial charge on any atom is -0.310 e. The molecule has 0 atom stereocenters. The number of thiophene rings is 1. The highest BCUT2D eigenvalue weighted by atomic mass is 35.5. The Kier molecular flexibility index (Phi) is 4.34. The van der Waals surface area contributed by atoms with Crippen molar-refractivity contribution < 1.29 is 0 Å². The summed E-state index contributed by atoms with van der Waals surface area (Å²) in [5.41, 5.74) is -0.0472. The first kappa shape index (κ1) is 14.3. The van der Waals surface area contributed by atoms with Crippen LogP contribution in [0.15, 0.2) is 47.4 Å². The summed E-state index contributed by atoms with van der Waals surface area (Å²) in [4.78, 5) is 13.4. The number of benzene rings is 1. The van der Waals surface area contributed by atoms with E-state index < -0.39 is 0 Å². The second-order valence-corrected chi connectivity index (χ2v) is 6.44. The smallest absolute Gasteiger partial charge is 0.274 e. The molecule has 2 aromatic heterocycles. The zero-order chi connectivity index (χ0) is 14.7. The maximum Gasteiger partial charge on any atom is 0.274 e. The van der Waals surface area contributed by atoms with E-state index in [9.17, 15) is 4.79 Å². The average Bonchev–Trinajstić information content (AvgIpc) is 2.91. The van der Waals surface area contributed by atoms with E-state index in [0.29, 0.717) is 18.5 Å². The molecule has 0 bridgehead atoms. The van der Waals surface area contributed by atoms with Crippen LogP contribution in [0.25, 0.3) is 10.8 Å². The molecule has 0 radical (unpaired) electrons. The zero-order valence-electron chi connectivity index (χ0n) is 11.3. The minimum absolute atomic E-state index is 0.0472. The van der Waals surface area contributed by atoms with E-state index in [-0.39, 0.29) is 5.56 Å². The second-order valence-electron chi connectivity index (χ2n) is 4.64. The minimum atomic E-state index is -0.0472. The number of nitrogens with one attached hydrogen (secondary N) is 1. The molecule has 0 amide bonds. The van der Waals surface area contributed by atoms with E-state index in [0.717, 1.165) is 16.3 Å². The summed E-state index contributed by atoms with van der Waals surface area (Å²) < 4.78 is 2.29. The van der Waals surface area contributed by atoms with Gasteiger partial charge in [0.2, 0.25) is 0 Å². The largest absolute Gasteiger partial charge is 0.310 e. The van der Waals surface area contributed by atoms with Crippen LogP contribution in [0, 0.1) is 0 Å². The Balaban J connectivity index is 1.63. The molecule has 108 valence electrons. The molecule has 0 saturated carbocycles. The van der Waals surface area contributed by atoms with Crippen LogP contribution in [-0.2, 0) is 13.1 Å². The Morgan fingerprint density at radius 2 is 2.10 bits per heavy atom. The molecule has 0 fully saturated rings. The van der Waals surface area contributed by atoms with Crippen LogP contribution in [0.2, 0.25) is 4.34 Å². The molecule has 2 heterocycles. The summed E-state index contributed by atoms with van der Waals surface area (Å²) >= 11 is 7.44. The first-order valence-electron chi connectivity index (χ1n) is 6.64. The van der Waals surface area contributed by atoms with E-state index >= 15 is 0 Å². The number of nitrogens with zero attached hydrogens (tertiary/aromatic N) is 2. The Bertz CT molecular complexity index is 812. The molecule has 0 aliphatic carbocycles. The molecule has 1 aromatic carbocycles. The standard InChI is InChI=1S/C15H14ClN3OS/c16-14-6-5-12(21-14)10-17-7-8-19-15(20)13-4-2-1-3-11(13)9-18-19/h1-6,9,17H,7-8,10H2. The molecule has 21 heavy (non-hydrogen) atoms. The summed E-state index contributed by atoms with van der Waals surface area (Å²) in [6.07, 6.45) is 1.73. The van der Waals surface area contributed by atoms with Gasteiger partial charge in [-0.1, -0.05) is 29.8 Å². The van der Waals surface area contributed by atoms with Crippen molar-refractivity contribution in [2.24, 2.45) is 0 Å². The van der Waals surface area contributed by atoms with E-state index in [1.165, 1.54) is 9.56 Å². The van der Waals surface area contributed by atoms with Gasteiger partial charge in [-0.15, -0.1) is 11.3 Å². The molecule has 0 saturated heterocycles. The van der Waals surface area contributed by atoms with Gasteiger partial charge in [0.15, 0.2) is 0 Å². The van der Waals surface area contributed by atoms with Gasteiger partial charge in [-0.25, -0.2) is 4.68 Å². The third kappa shape index (κ3) is 3.32. The van der Waals surface area contributed by atoms with E-state index in [2.05, 4.69) is 10.4 Å². The highest BCUT2D eigenvalue weighted by Crippen LogP contribution is 2.20. The van der Waals surface area contributed by atoms with Crippen LogP contribution in [0.1, 0.15) is 4.88 Å². The molecule has 0 aliphatic heterocycles. The number of fused-ring (bicyclic) bond motifs is 1. The Morgan fingerprint density at radius 1 is 1.24 bits per heavy atom. The summed E-state index contributed by atoms with van der Waals surface area (Å²) in [6.45, 7) is 1.98. The fourth-order valence-corrected chi connectivity index (χ4v) is 3.19. The predicted octanol–water partition coefficient (Wildman–Crippen LogP) is 2.90. The lowest BCUT2D eigenvalue weighted by atomic mass is 10.2. The highest BCUT2D eigenvalue weighted by Gasteiger charge is 2.03. The lowest BCUT2D eigenvalue weighted by molar-refractivity contribution is 0.537. The quantitative estimate of drug-likeness (QED) is 0.736. The second kappa shape index (κ2) is 6.39. The maximum absolute atomic E-state index is 12.3. The summed E-state index contributed by atoms with van der Waals surface area (Å²) in [6, 6.07) is 11.4. The van der Waals surface area contributed by atoms with Crippen molar-refractivity contribution in [3.05, 3.63) is 62.2 Å². The van der Waals surface area contributed by atoms with Crippen LogP contribution in [0.4, 0.5) is 0 Å². The van der Waals surface area contributed by atoms with Crippen LogP contribution in [0.5, 0.6) is 0 Å². The number of hydrogen-bond acceptors (Lipinski definition) is 4. The van der Waals surface area contributed by atoms with E-state index in [1.54, 1.807) is 17.5 Å². The van der Waals surface area contributed by atoms with Gasteiger partial charge in [0, 0.05) is 23.4 Å². The molecule has 0 aliphatic rings. The fraction of sp³-hybridized carbons (Fsp3) is 0.200. The zero-order valence-corrected chi connectivity index (χ0v) is 12.8. The molecular formula is C15H14ClN3OS. The number of aromatic nitrogens is 2. The number of rotatable bonds is 5. The van der Waals surface area contributed by atoms with Crippen LogP contribution in [0.3, 0.4) is 0 Å². The molecule has 0 spiro atoms.